The smallest absolute Gasteiger partial charge is 0.343 e. The minimum absolute atomic E-state index is 0.00625. The van der Waals surface area contributed by atoms with Gasteiger partial charge in [0.25, 0.3) is 17.4 Å². The standard InChI is InChI=1S/C37H40FN7O10/c1-4-37(53)25-12-28-33-23(16-44(28)35(51)24(25)17-55-36(37)52)21(22-11-19(2)26(38)13-27(22)43-33)7-5-6-10-54-18-40-29(46)14-39-34(50)20(3)42-30(47)15-41-45-31(48)8-9-32(45)49/h8-9,11-13,20,41,53H,4-7,10,14-18H2,1-3H3,(H,39,50)(H,40,46)(H,42,47)/t20-,37-/m0/s1. The van der Waals surface area contributed by atoms with Crippen LogP contribution in [0.3, 0.4) is 0 Å². The van der Waals surface area contributed by atoms with Crippen molar-refractivity contribution >= 4 is 46.4 Å². The zero-order chi connectivity index (χ0) is 39.6. The second-order valence-corrected chi connectivity index (χ2v) is 13.4. The summed E-state index contributed by atoms with van der Waals surface area (Å²) in [7, 11) is 0. The fraction of sp³-hybridized carbons (Fsp3) is 0.405. The van der Waals surface area contributed by atoms with E-state index in [1.165, 1.54) is 13.0 Å². The first-order valence-corrected chi connectivity index (χ1v) is 17.7. The summed E-state index contributed by atoms with van der Waals surface area (Å²) in [5, 5.41) is 20.0. The van der Waals surface area contributed by atoms with E-state index in [1.54, 1.807) is 30.5 Å². The number of ether oxygens (including phenoxy) is 2. The molecule has 0 bridgehead atoms. The SMILES string of the molecule is CC[C@@]1(O)C(=O)OCc2c1cc1n(c2=O)Cc2c-1nc1cc(F)c(C)cc1c2CCCCOCNC(=O)CNC(=O)[C@H](C)NC(=O)CNN1C(=O)C=CC1=O. The van der Waals surface area contributed by atoms with Gasteiger partial charge in [-0.15, -0.1) is 0 Å². The molecule has 18 heteroatoms. The lowest BCUT2D eigenvalue weighted by Gasteiger charge is -2.31. The molecule has 17 nitrogen and oxygen atoms in total. The van der Waals surface area contributed by atoms with E-state index in [0.717, 1.165) is 28.7 Å². The van der Waals surface area contributed by atoms with Crippen molar-refractivity contribution in [2.24, 2.45) is 0 Å². The summed E-state index contributed by atoms with van der Waals surface area (Å²) in [6.45, 7) is 3.99. The minimum atomic E-state index is -1.97. The van der Waals surface area contributed by atoms with Crippen molar-refractivity contribution < 1.29 is 47.7 Å². The van der Waals surface area contributed by atoms with Gasteiger partial charge in [0.05, 0.1) is 42.1 Å². The summed E-state index contributed by atoms with van der Waals surface area (Å²) in [4.78, 5) is 90.8. The van der Waals surface area contributed by atoms with Gasteiger partial charge < -0.3 is 35.1 Å². The number of imide groups is 1. The highest BCUT2D eigenvalue weighted by atomic mass is 19.1. The molecule has 55 heavy (non-hydrogen) atoms. The quantitative estimate of drug-likeness (QED) is 0.0467. The van der Waals surface area contributed by atoms with Crippen LogP contribution in [-0.4, -0.2) is 87.6 Å². The zero-order valence-corrected chi connectivity index (χ0v) is 30.4. The fourth-order valence-electron chi connectivity index (χ4n) is 6.73. The number of hydrogen-bond acceptors (Lipinski definition) is 12. The number of nitrogens with one attached hydrogen (secondary N) is 4. The van der Waals surface area contributed by atoms with Gasteiger partial charge in [0.2, 0.25) is 17.7 Å². The Labute approximate surface area is 313 Å². The molecule has 290 valence electrons. The summed E-state index contributed by atoms with van der Waals surface area (Å²) < 4.78 is 27.1. The van der Waals surface area contributed by atoms with E-state index in [9.17, 15) is 43.1 Å². The van der Waals surface area contributed by atoms with Crippen LogP contribution in [-0.2, 0) is 63.4 Å². The van der Waals surface area contributed by atoms with Gasteiger partial charge in [-0.1, -0.05) is 6.92 Å². The number of esters is 1. The van der Waals surface area contributed by atoms with Crippen LogP contribution in [0, 0.1) is 12.7 Å². The Balaban J connectivity index is 1.00. The van der Waals surface area contributed by atoms with Crippen LogP contribution in [0.25, 0.3) is 22.3 Å². The van der Waals surface area contributed by atoms with Crippen molar-refractivity contribution in [2.45, 2.75) is 71.2 Å². The van der Waals surface area contributed by atoms with Crippen LogP contribution >= 0.6 is 0 Å². The Morgan fingerprint density at radius 2 is 1.78 bits per heavy atom. The number of aliphatic hydroxyl groups is 1. The number of aryl methyl sites for hydroxylation is 2. The molecule has 0 unspecified atom stereocenters. The average Bonchev–Trinajstić information content (AvgIpc) is 3.69. The third-order valence-corrected chi connectivity index (χ3v) is 9.82. The number of benzene rings is 1. The van der Waals surface area contributed by atoms with E-state index >= 15 is 0 Å². The summed E-state index contributed by atoms with van der Waals surface area (Å²) >= 11 is 0. The van der Waals surface area contributed by atoms with Gasteiger partial charge in [0.15, 0.2) is 5.60 Å². The second kappa shape index (κ2) is 15.9. The van der Waals surface area contributed by atoms with E-state index in [-0.39, 0.29) is 50.6 Å². The number of pyridine rings is 2. The fourth-order valence-corrected chi connectivity index (χ4v) is 6.73. The third-order valence-electron chi connectivity index (χ3n) is 9.82. The number of nitrogens with zero attached hydrogens (tertiary/aromatic N) is 3. The van der Waals surface area contributed by atoms with Crippen LogP contribution in [0.4, 0.5) is 4.39 Å². The largest absolute Gasteiger partial charge is 0.458 e. The molecule has 3 aliphatic heterocycles. The highest BCUT2D eigenvalue weighted by Crippen LogP contribution is 2.40. The van der Waals surface area contributed by atoms with Crippen molar-refractivity contribution in [1.82, 2.24) is 35.9 Å². The summed E-state index contributed by atoms with van der Waals surface area (Å²) in [6, 6.07) is 3.71. The number of carbonyl (C=O) groups is 6. The Kier molecular flexibility index (Phi) is 11.2. The predicted molar refractivity (Wildman–Crippen MR) is 191 cm³/mol. The molecule has 0 saturated heterocycles. The number of amides is 5. The number of cyclic esters (lactones) is 1. The molecule has 0 fully saturated rings. The number of unbranched alkanes of at least 4 members (excludes halogenated alkanes) is 1. The Bertz CT molecular complexity index is 2200. The van der Waals surface area contributed by atoms with Crippen molar-refractivity contribution in [3.05, 3.63) is 74.3 Å². The van der Waals surface area contributed by atoms with Gasteiger partial charge in [-0.25, -0.2) is 24.6 Å². The molecule has 1 aromatic carbocycles. The molecule has 3 aromatic rings. The van der Waals surface area contributed by atoms with Crippen LogP contribution < -0.4 is 26.9 Å². The van der Waals surface area contributed by atoms with E-state index in [0.29, 0.717) is 46.7 Å². The first-order chi connectivity index (χ1) is 26.2. The molecule has 0 aliphatic carbocycles. The third kappa shape index (κ3) is 7.73. The predicted octanol–water partition coefficient (Wildman–Crippen LogP) is -0.00938. The van der Waals surface area contributed by atoms with Gasteiger partial charge in [-0.05, 0) is 62.8 Å². The Morgan fingerprint density at radius 3 is 2.51 bits per heavy atom. The second-order valence-electron chi connectivity index (χ2n) is 13.4. The maximum absolute atomic E-state index is 14.8. The van der Waals surface area contributed by atoms with E-state index in [1.807, 2.05) is 0 Å². The number of hydrogen-bond donors (Lipinski definition) is 5. The molecule has 0 radical (unpaired) electrons. The van der Waals surface area contributed by atoms with Crippen molar-refractivity contribution in [3.63, 3.8) is 0 Å². The van der Waals surface area contributed by atoms with Gasteiger partial charge >= 0.3 is 5.97 Å². The van der Waals surface area contributed by atoms with E-state index in [2.05, 4.69) is 21.4 Å². The Hall–Kier alpha value is -5.85. The van der Waals surface area contributed by atoms with Crippen LogP contribution in [0.5, 0.6) is 0 Å². The molecular weight excluding hydrogens is 721 g/mol. The molecule has 2 aromatic heterocycles. The van der Waals surface area contributed by atoms with Crippen LogP contribution in [0.2, 0.25) is 0 Å². The lowest BCUT2D eigenvalue weighted by molar-refractivity contribution is -0.172. The maximum atomic E-state index is 14.8. The van der Waals surface area contributed by atoms with Crippen LogP contribution in [0.15, 0.2) is 35.1 Å². The zero-order valence-electron chi connectivity index (χ0n) is 30.4. The lowest BCUT2D eigenvalue weighted by atomic mass is 9.86. The first kappa shape index (κ1) is 38.9. The number of halogens is 1. The Morgan fingerprint density at radius 1 is 1.04 bits per heavy atom. The van der Waals surface area contributed by atoms with E-state index in [4.69, 9.17) is 14.5 Å². The number of rotatable bonds is 15. The minimum Gasteiger partial charge on any atom is -0.458 e. The van der Waals surface area contributed by atoms with Gasteiger partial charge in [-0.3, -0.25) is 28.8 Å². The molecule has 5 amide bonds. The van der Waals surface area contributed by atoms with Crippen LogP contribution in [0.1, 0.15) is 60.9 Å². The lowest BCUT2D eigenvalue weighted by Crippen LogP contribution is -2.52. The summed E-state index contributed by atoms with van der Waals surface area (Å²) in [5.41, 5.74) is 3.85. The topological polar surface area (TPSA) is 227 Å². The van der Waals surface area contributed by atoms with Crippen molar-refractivity contribution in [1.29, 1.82) is 0 Å². The molecule has 2 atom stereocenters. The van der Waals surface area contributed by atoms with Crippen molar-refractivity contribution in [2.75, 3.05) is 26.4 Å². The number of fused-ring (bicyclic) bond motifs is 5. The normalized spacial score (nSPS) is 17.5. The molecule has 5 heterocycles. The van der Waals surface area contributed by atoms with Gasteiger partial charge in [-0.2, -0.15) is 0 Å². The molecule has 3 aliphatic rings. The molecule has 6 rings (SSSR count). The monoisotopic (exact) mass is 761 g/mol. The van der Waals surface area contributed by atoms with Gasteiger partial charge in [0.1, 0.15) is 25.2 Å². The highest BCUT2D eigenvalue weighted by Gasteiger charge is 2.45. The average molecular weight is 762 g/mol. The summed E-state index contributed by atoms with van der Waals surface area (Å²) in [5.74, 6) is -4.31. The molecular formula is C37H40FN7O10. The summed E-state index contributed by atoms with van der Waals surface area (Å²) in [6.07, 6.45) is 3.86. The molecule has 5 N–H and O–H groups in total. The number of hydrazine groups is 1. The van der Waals surface area contributed by atoms with E-state index < -0.39 is 65.1 Å². The highest BCUT2D eigenvalue weighted by molar-refractivity contribution is 6.12. The van der Waals surface area contributed by atoms with Gasteiger partial charge in [0, 0.05) is 41.3 Å². The first-order valence-electron chi connectivity index (χ1n) is 17.7. The molecule has 0 saturated carbocycles. The van der Waals surface area contributed by atoms with Crippen molar-refractivity contribution in [3.8, 4) is 11.4 Å². The molecule has 0 spiro atoms. The number of carbonyl (C=O) groups excluding carboxylic acids is 6. The number of aromatic nitrogens is 2. The maximum Gasteiger partial charge on any atom is 0.343 e.